The number of rotatable bonds is 1. The molecule has 0 atom stereocenters. The zero-order valence-corrected chi connectivity index (χ0v) is 8.70. The van der Waals surface area contributed by atoms with E-state index in [0.29, 0.717) is 5.69 Å². The summed E-state index contributed by atoms with van der Waals surface area (Å²) >= 11 is 0. The fourth-order valence-electron chi connectivity index (χ4n) is 1.83. The van der Waals surface area contributed by atoms with Gasteiger partial charge < -0.3 is 5.73 Å². The molecular formula is C10H9F3N4. The number of anilines is 1. The zero-order chi connectivity index (χ0) is 12.2. The van der Waals surface area contributed by atoms with Crippen molar-refractivity contribution in [2.75, 3.05) is 5.73 Å². The van der Waals surface area contributed by atoms with E-state index in [4.69, 9.17) is 5.73 Å². The second kappa shape index (κ2) is 3.12. The molecule has 2 heterocycles. The molecular weight excluding hydrogens is 233 g/mol. The van der Waals surface area contributed by atoms with Gasteiger partial charge in [-0.3, -0.25) is 0 Å². The van der Waals surface area contributed by atoms with E-state index < -0.39 is 11.9 Å². The van der Waals surface area contributed by atoms with E-state index in [1.807, 2.05) is 0 Å². The lowest BCUT2D eigenvalue weighted by molar-refractivity contribution is -0.141. The minimum atomic E-state index is -4.46. The molecule has 0 amide bonds. The third-order valence-corrected chi connectivity index (χ3v) is 2.76. The summed E-state index contributed by atoms with van der Waals surface area (Å²) < 4.78 is 38.9. The Morgan fingerprint density at radius 3 is 2.59 bits per heavy atom. The lowest BCUT2D eigenvalue weighted by atomic mass is 10.3. The first kappa shape index (κ1) is 10.4. The Morgan fingerprint density at radius 2 is 2.00 bits per heavy atom. The molecule has 1 saturated carbocycles. The highest BCUT2D eigenvalue weighted by atomic mass is 19.4. The largest absolute Gasteiger partial charge is 0.435 e. The molecule has 0 radical (unpaired) electrons. The molecule has 7 heteroatoms. The molecule has 17 heavy (non-hydrogen) atoms. The van der Waals surface area contributed by atoms with Gasteiger partial charge in [-0.05, 0) is 12.8 Å². The lowest BCUT2D eigenvalue weighted by Gasteiger charge is -2.03. The number of hydrogen-bond acceptors (Lipinski definition) is 3. The topological polar surface area (TPSA) is 56.2 Å². The molecule has 0 aromatic carbocycles. The molecule has 4 nitrogen and oxygen atoms in total. The molecule has 0 aliphatic heterocycles. The van der Waals surface area contributed by atoms with Crippen LogP contribution in [0.3, 0.4) is 0 Å². The van der Waals surface area contributed by atoms with E-state index in [1.165, 1.54) is 4.52 Å². The smallest absolute Gasteiger partial charge is 0.384 e. The predicted octanol–water partition coefficient (Wildman–Crippen LogP) is 2.21. The van der Waals surface area contributed by atoms with Crippen LogP contribution >= 0.6 is 0 Å². The van der Waals surface area contributed by atoms with Gasteiger partial charge in [0.2, 0.25) is 0 Å². The van der Waals surface area contributed by atoms with Crippen molar-refractivity contribution >= 4 is 11.5 Å². The standard InChI is InChI=1S/C10H9F3N4/c11-10(12,13)7-4-9-15-8(14)3-6(5-1-2-5)17(9)16-7/h3-5H,1-2H2,(H2,14,15). The highest BCUT2D eigenvalue weighted by Crippen LogP contribution is 2.41. The quantitative estimate of drug-likeness (QED) is 0.834. The highest BCUT2D eigenvalue weighted by molar-refractivity contribution is 5.49. The van der Waals surface area contributed by atoms with Gasteiger partial charge in [-0.2, -0.15) is 18.3 Å². The molecule has 1 aliphatic rings. The number of fused-ring (bicyclic) bond motifs is 1. The van der Waals surface area contributed by atoms with Crippen molar-refractivity contribution in [3.8, 4) is 0 Å². The van der Waals surface area contributed by atoms with Gasteiger partial charge in [0.15, 0.2) is 11.3 Å². The maximum atomic E-state index is 12.5. The third-order valence-electron chi connectivity index (χ3n) is 2.76. The molecule has 2 aromatic rings. The van der Waals surface area contributed by atoms with E-state index >= 15 is 0 Å². The van der Waals surface area contributed by atoms with Crippen molar-refractivity contribution in [2.24, 2.45) is 0 Å². The molecule has 2 aromatic heterocycles. The van der Waals surface area contributed by atoms with E-state index in [1.54, 1.807) is 6.07 Å². The first-order valence-electron chi connectivity index (χ1n) is 5.18. The number of nitrogens with two attached hydrogens (primary N) is 1. The van der Waals surface area contributed by atoms with Crippen molar-refractivity contribution in [3.05, 3.63) is 23.5 Å². The van der Waals surface area contributed by atoms with Crippen LogP contribution in [0.1, 0.15) is 30.1 Å². The minimum absolute atomic E-state index is 0.152. The molecule has 2 N–H and O–H groups in total. The highest BCUT2D eigenvalue weighted by Gasteiger charge is 2.35. The van der Waals surface area contributed by atoms with Crippen LogP contribution in [0.25, 0.3) is 5.65 Å². The van der Waals surface area contributed by atoms with Gasteiger partial charge in [0, 0.05) is 18.1 Å². The Labute approximate surface area is 94.2 Å². The first-order valence-corrected chi connectivity index (χ1v) is 5.18. The summed E-state index contributed by atoms with van der Waals surface area (Å²) in [7, 11) is 0. The SMILES string of the molecule is Nc1cc(C2CC2)n2nc(C(F)(F)F)cc2n1. The monoisotopic (exact) mass is 242 g/mol. The van der Waals surface area contributed by atoms with E-state index in [-0.39, 0.29) is 17.4 Å². The van der Waals surface area contributed by atoms with Crippen LogP contribution in [0, 0.1) is 0 Å². The van der Waals surface area contributed by atoms with Crippen molar-refractivity contribution in [2.45, 2.75) is 24.9 Å². The first-order chi connectivity index (χ1) is 7.95. The van der Waals surface area contributed by atoms with Crippen molar-refractivity contribution in [1.29, 1.82) is 0 Å². The number of nitrogens with zero attached hydrogens (tertiary/aromatic N) is 3. The van der Waals surface area contributed by atoms with Gasteiger partial charge in [-0.15, -0.1) is 0 Å². The molecule has 1 aliphatic carbocycles. The third kappa shape index (κ3) is 1.71. The lowest BCUT2D eigenvalue weighted by Crippen LogP contribution is -2.07. The number of nitrogen functional groups attached to an aromatic ring is 1. The Morgan fingerprint density at radius 1 is 1.29 bits per heavy atom. The van der Waals surface area contributed by atoms with Crippen LogP contribution in [0.15, 0.2) is 12.1 Å². The van der Waals surface area contributed by atoms with Crippen LogP contribution in [0.5, 0.6) is 0 Å². The van der Waals surface area contributed by atoms with Crippen molar-refractivity contribution in [1.82, 2.24) is 14.6 Å². The fourth-order valence-corrected chi connectivity index (χ4v) is 1.83. The van der Waals surface area contributed by atoms with Crippen LogP contribution in [-0.4, -0.2) is 14.6 Å². The Balaban J connectivity index is 2.23. The summed E-state index contributed by atoms with van der Waals surface area (Å²) in [6.45, 7) is 0. The maximum Gasteiger partial charge on any atom is 0.435 e. The van der Waals surface area contributed by atoms with Crippen LogP contribution in [0.4, 0.5) is 19.0 Å². The second-order valence-electron chi connectivity index (χ2n) is 4.18. The Hall–Kier alpha value is -1.79. The molecule has 90 valence electrons. The summed E-state index contributed by atoms with van der Waals surface area (Å²) in [5.41, 5.74) is 5.51. The van der Waals surface area contributed by atoms with Crippen molar-refractivity contribution < 1.29 is 13.2 Å². The van der Waals surface area contributed by atoms with Crippen LogP contribution in [-0.2, 0) is 6.18 Å². The number of hydrogen-bond donors (Lipinski definition) is 1. The molecule has 0 unspecified atom stereocenters. The average molecular weight is 242 g/mol. The van der Waals surface area contributed by atoms with Gasteiger partial charge in [0.1, 0.15) is 5.82 Å². The fraction of sp³-hybridized carbons (Fsp3) is 0.400. The number of alkyl halides is 3. The summed E-state index contributed by atoms with van der Waals surface area (Å²) in [6, 6.07) is 2.51. The molecule has 0 bridgehead atoms. The van der Waals surface area contributed by atoms with E-state index in [9.17, 15) is 13.2 Å². The minimum Gasteiger partial charge on any atom is -0.384 e. The molecule has 0 spiro atoms. The number of halogens is 3. The summed E-state index contributed by atoms with van der Waals surface area (Å²) in [5, 5.41) is 3.56. The summed E-state index contributed by atoms with van der Waals surface area (Å²) in [6.07, 6.45) is -2.54. The van der Waals surface area contributed by atoms with Gasteiger partial charge in [-0.1, -0.05) is 0 Å². The van der Waals surface area contributed by atoms with E-state index in [0.717, 1.165) is 18.9 Å². The molecule has 1 fully saturated rings. The molecule has 0 saturated heterocycles. The van der Waals surface area contributed by atoms with Gasteiger partial charge in [0.05, 0.1) is 5.69 Å². The van der Waals surface area contributed by atoms with E-state index in [2.05, 4.69) is 10.1 Å². The normalized spacial score (nSPS) is 16.6. The van der Waals surface area contributed by atoms with Crippen LogP contribution in [0.2, 0.25) is 0 Å². The second-order valence-corrected chi connectivity index (χ2v) is 4.18. The summed E-state index contributed by atoms with van der Waals surface area (Å²) in [5.74, 6) is 0.483. The van der Waals surface area contributed by atoms with Gasteiger partial charge in [-0.25, -0.2) is 9.50 Å². The number of aromatic nitrogens is 3. The summed E-state index contributed by atoms with van der Waals surface area (Å²) in [4.78, 5) is 3.86. The van der Waals surface area contributed by atoms with Gasteiger partial charge >= 0.3 is 6.18 Å². The van der Waals surface area contributed by atoms with Crippen LogP contribution < -0.4 is 5.73 Å². The molecule has 3 rings (SSSR count). The Kier molecular flexibility index (Phi) is 1.90. The van der Waals surface area contributed by atoms with Gasteiger partial charge in [0.25, 0.3) is 0 Å². The maximum absolute atomic E-state index is 12.5. The average Bonchev–Trinajstić information content (AvgIpc) is 2.95. The zero-order valence-electron chi connectivity index (χ0n) is 8.70. The van der Waals surface area contributed by atoms with Crippen molar-refractivity contribution in [3.63, 3.8) is 0 Å². The predicted molar refractivity (Wildman–Crippen MR) is 54.4 cm³/mol. The Bertz CT molecular complexity index is 583.